The van der Waals surface area contributed by atoms with Gasteiger partial charge in [-0.1, -0.05) is 214 Å². The molecule has 0 fully saturated rings. The maximum absolute atomic E-state index is 12.8. The summed E-state index contributed by atoms with van der Waals surface area (Å²) in [5.74, 6) is -1.81. The molecule has 66 heavy (non-hydrogen) atoms. The predicted octanol–water partition coefficient (Wildman–Crippen LogP) is 14.3. The van der Waals surface area contributed by atoms with E-state index in [1.165, 1.54) is 103 Å². The van der Waals surface area contributed by atoms with E-state index in [-0.39, 0.29) is 49.1 Å². The van der Waals surface area contributed by atoms with Crippen LogP contribution in [0.2, 0.25) is 0 Å². The smallest absolute Gasteiger partial charge is 0.306 e. The molecule has 8 heteroatoms. The molecule has 0 N–H and O–H groups in total. The molecule has 0 aromatic heterocycles. The third-order valence-corrected chi connectivity index (χ3v) is 11.5. The Morgan fingerprint density at radius 2 is 0.848 bits per heavy atom. The maximum atomic E-state index is 12.8. The fourth-order valence-corrected chi connectivity index (χ4v) is 7.47. The number of carbonyl (C=O) groups excluding carboxylic acids is 3. The summed E-state index contributed by atoms with van der Waals surface area (Å²) in [6, 6.07) is -0.740. The van der Waals surface area contributed by atoms with Crippen LogP contribution in [0.1, 0.15) is 213 Å². The van der Waals surface area contributed by atoms with Gasteiger partial charge in [0.25, 0.3) is 0 Å². The SMILES string of the molecule is CC/C=C/C/C=C/C/C=C/C/C=C/C/C=C/C/C=C/C/C=C/CCCC(=O)OC(COCCC(C(=O)[O-])[N+](C)(C)C)COC(=O)CCCCCCCCCCCCCCCCCCCCC. The normalized spacial score (nSPS) is 13.5. The van der Waals surface area contributed by atoms with Crippen molar-refractivity contribution < 1.29 is 38.2 Å². The second-order valence-corrected chi connectivity index (χ2v) is 18.7. The number of hydrogen-bond donors (Lipinski definition) is 0. The van der Waals surface area contributed by atoms with Crippen molar-refractivity contribution in [3.63, 3.8) is 0 Å². The van der Waals surface area contributed by atoms with E-state index < -0.39 is 18.1 Å². The second kappa shape index (κ2) is 48.0. The molecule has 0 amide bonds. The van der Waals surface area contributed by atoms with Crippen molar-refractivity contribution in [2.24, 2.45) is 0 Å². The summed E-state index contributed by atoms with van der Waals surface area (Å²) in [5.41, 5.74) is 0. The average Bonchev–Trinajstić information content (AvgIpc) is 3.28. The monoisotopic (exact) mass is 922 g/mol. The van der Waals surface area contributed by atoms with Crippen LogP contribution in [0.3, 0.4) is 0 Å². The minimum atomic E-state index is -1.13. The van der Waals surface area contributed by atoms with E-state index in [1.54, 1.807) is 21.1 Å². The fourth-order valence-electron chi connectivity index (χ4n) is 7.47. The molecule has 0 aliphatic carbocycles. The number of aliphatic carboxylic acids is 1. The number of rotatable bonds is 47. The number of likely N-dealkylation sites (N-methyl/N-ethyl adjacent to an activating group) is 1. The van der Waals surface area contributed by atoms with Gasteiger partial charge in [-0.15, -0.1) is 0 Å². The first-order chi connectivity index (χ1) is 32.1. The highest BCUT2D eigenvalue weighted by molar-refractivity contribution is 5.70. The van der Waals surface area contributed by atoms with Gasteiger partial charge in [0.15, 0.2) is 6.10 Å². The van der Waals surface area contributed by atoms with Gasteiger partial charge < -0.3 is 28.6 Å². The zero-order valence-corrected chi connectivity index (χ0v) is 43.1. The molecular formula is C58H99NO7. The molecule has 0 rings (SSSR count). The minimum absolute atomic E-state index is 0.0149. The molecule has 0 saturated heterocycles. The number of nitrogens with zero attached hydrogens (tertiary/aromatic N) is 1. The molecule has 0 saturated carbocycles. The lowest BCUT2D eigenvalue weighted by molar-refractivity contribution is -0.889. The number of quaternary nitrogens is 1. The second-order valence-electron chi connectivity index (χ2n) is 18.7. The number of unbranched alkanes of at least 4 members (excludes halogenated alkanes) is 19. The average molecular weight is 922 g/mol. The van der Waals surface area contributed by atoms with E-state index in [4.69, 9.17) is 14.2 Å². The Morgan fingerprint density at radius 3 is 1.24 bits per heavy atom. The zero-order valence-electron chi connectivity index (χ0n) is 43.1. The maximum Gasteiger partial charge on any atom is 0.306 e. The van der Waals surface area contributed by atoms with Crippen LogP contribution >= 0.6 is 0 Å². The predicted molar refractivity (Wildman–Crippen MR) is 277 cm³/mol. The Balaban J connectivity index is 4.34. The van der Waals surface area contributed by atoms with Crippen molar-refractivity contribution in [2.75, 3.05) is 41.0 Å². The number of ether oxygens (including phenoxy) is 3. The van der Waals surface area contributed by atoms with Crippen LogP contribution in [0, 0.1) is 0 Å². The molecule has 8 nitrogen and oxygen atoms in total. The van der Waals surface area contributed by atoms with Crippen LogP contribution in [0.15, 0.2) is 85.1 Å². The summed E-state index contributed by atoms with van der Waals surface area (Å²) in [6.07, 6.45) is 63.4. The lowest BCUT2D eigenvalue weighted by Crippen LogP contribution is -2.55. The van der Waals surface area contributed by atoms with Crippen LogP contribution in [-0.2, 0) is 28.6 Å². The first-order valence-corrected chi connectivity index (χ1v) is 26.6. The number of hydrogen-bond acceptors (Lipinski definition) is 7. The molecule has 2 atom stereocenters. The standard InChI is InChI=1S/C58H99NO7/c1-6-8-10-12-14-16-18-20-22-24-26-27-28-29-31-33-35-37-39-41-43-45-47-49-57(61)66-54(52-64-51-50-55(58(62)63)59(3,4)5)53-65-56(60)48-46-44-42-40-38-36-34-32-30-25-23-21-19-17-15-13-11-9-7-2/h8,10,14,16,20,22,26-27,29,31,35,37,41,43,54-55H,6-7,9,11-13,15,17-19,21,23-25,28,30,32-34,36,38-40,42,44-53H2,1-5H3/b10-8+,16-14+,22-20+,27-26+,31-29+,37-35+,43-41+. The minimum Gasteiger partial charge on any atom is -0.544 e. The van der Waals surface area contributed by atoms with Crippen molar-refractivity contribution >= 4 is 17.9 Å². The molecule has 0 radical (unpaired) electrons. The largest absolute Gasteiger partial charge is 0.544 e. The molecule has 0 bridgehead atoms. The summed E-state index contributed by atoms with van der Waals surface area (Å²) in [4.78, 5) is 37.1. The van der Waals surface area contributed by atoms with Gasteiger partial charge in [0, 0.05) is 19.3 Å². The van der Waals surface area contributed by atoms with Crippen molar-refractivity contribution in [1.82, 2.24) is 0 Å². The van der Waals surface area contributed by atoms with Crippen LogP contribution in [0.4, 0.5) is 0 Å². The Kier molecular flexibility index (Phi) is 45.4. The first-order valence-electron chi connectivity index (χ1n) is 26.6. The zero-order chi connectivity index (χ0) is 48.4. The topological polar surface area (TPSA) is 102 Å². The molecule has 0 heterocycles. The highest BCUT2D eigenvalue weighted by atomic mass is 16.6. The molecule has 0 aromatic carbocycles. The molecule has 0 aliphatic rings. The van der Waals surface area contributed by atoms with E-state index in [9.17, 15) is 19.5 Å². The molecule has 0 aromatic rings. The molecule has 0 spiro atoms. The van der Waals surface area contributed by atoms with Crippen molar-refractivity contribution in [3.05, 3.63) is 85.1 Å². The molecule has 0 aliphatic heterocycles. The third-order valence-electron chi connectivity index (χ3n) is 11.5. The number of carbonyl (C=O) groups is 3. The van der Waals surface area contributed by atoms with Gasteiger partial charge in [0.2, 0.25) is 0 Å². The Bertz CT molecular complexity index is 1350. The number of esters is 2. The fraction of sp³-hybridized carbons (Fsp3) is 0.707. The van der Waals surface area contributed by atoms with Crippen molar-refractivity contribution in [3.8, 4) is 0 Å². The Morgan fingerprint density at radius 1 is 0.470 bits per heavy atom. The quantitative estimate of drug-likeness (QED) is 0.0259. The van der Waals surface area contributed by atoms with Gasteiger partial charge in [-0.25, -0.2) is 0 Å². The van der Waals surface area contributed by atoms with Crippen LogP contribution in [0.25, 0.3) is 0 Å². The molecule has 378 valence electrons. The third kappa shape index (κ3) is 45.7. The van der Waals surface area contributed by atoms with E-state index in [0.29, 0.717) is 12.8 Å². The highest BCUT2D eigenvalue weighted by Gasteiger charge is 2.25. The van der Waals surface area contributed by atoms with E-state index in [0.717, 1.165) is 70.6 Å². The van der Waals surface area contributed by atoms with Crippen LogP contribution in [0.5, 0.6) is 0 Å². The lowest BCUT2D eigenvalue weighted by Gasteiger charge is -2.34. The number of carboxylic acids is 1. The summed E-state index contributed by atoms with van der Waals surface area (Å²) < 4.78 is 17.2. The summed E-state index contributed by atoms with van der Waals surface area (Å²) in [7, 11) is 5.39. The van der Waals surface area contributed by atoms with Crippen LogP contribution < -0.4 is 5.11 Å². The lowest BCUT2D eigenvalue weighted by atomic mass is 10.0. The van der Waals surface area contributed by atoms with E-state index in [2.05, 4.69) is 98.9 Å². The van der Waals surface area contributed by atoms with Gasteiger partial charge in [-0.2, -0.15) is 0 Å². The number of allylic oxidation sites excluding steroid dienone is 14. The molecular weight excluding hydrogens is 823 g/mol. The Labute approximate surface area is 405 Å². The van der Waals surface area contributed by atoms with Gasteiger partial charge >= 0.3 is 11.9 Å². The summed E-state index contributed by atoms with van der Waals surface area (Å²) >= 11 is 0. The van der Waals surface area contributed by atoms with Gasteiger partial charge in [-0.3, -0.25) is 9.59 Å². The molecule has 2 unspecified atom stereocenters. The van der Waals surface area contributed by atoms with E-state index in [1.807, 2.05) is 0 Å². The summed E-state index contributed by atoms with van der Waals surface area (Å²) in [6.45, 7) is 4.50. The number of carboxylic acid groups (broad SMARTS) is 1. The van der Waals surface area contributed by atoms with Crippen molar-refractivity contribution in [2.45, 2.75) is 225 Å². The first kappa shape index (κ1) is 62.5. The van der Waals surface area contributed by atoms with Gasteiger partial charge in [0.1, 0.15) is 12.6 Å². The van der Waals surface area contributed by atoms with Gasteiger partial charge in [-0.05, 0) is 64.2 Å². The van der Waals surface area contributed by atoms with Gasteiger partial charge in [0.05, 0.1) is 40.3 Å². The van der Waals surface area contributed by atoms with Crippen molar-refractivity contribution in [1.29, 1.82) is 0 Å². The Hall–Kier alpha value is -3.49. The van der Waals surface area contributed by atoms with E-state index >= 15 is 0 Å². The highest BCUT2D eigenvalue weighted by Crippen LogP contribution is 2.16. The van der Waals surface area contributed by atoms with Crippen LogP contribution in [-0.4, -0.2) is 75.5 Å². The summed E-state index contributed by atoms with van der Waals surface area (Å²) in [5, 5.41) is 11.7.